The van der Waals surface area contributed by atoms with Crippen LogP contribution < -0.4 is 0 Å². The van der Waals surface area contributed by atoms with Gasteiger partial charge in [0.25, 0.3) is 0 Å². The van der Waals surface area contributed by atoms with E-state index in [-0.39, 0.29) is 0 Å². The van der Waals surface area contributed by atoms with E-state index in [1.807, 2.05) is 5.38 Å². The molecule has 2 nitrogen and oxygen atoms in total. The first-order valence-electron chi connectivity index (χ1n) is 3.95. The van der Waals surface area contributed by atoms with Crippen molar-refractivity contribution in [2.24, 2.45) is 0 Å². The molecule has 6 heteroatoms. The fourth-order valence-corrected chi connectivity index (χ4v) is 2.89. The number of thiophene rings is 1. The SMILES string of the molecule is OC(c1cc(Br)c(Br)o1)c1sccc1Cl. The van der Waals surface area contributed by atoms with Crippen LogP contribution in [0.1, 0.15) is 16.7 Å². The van der Waals surface area contributed by atoms with E-state index in [2.05, 4.69) is 31.9 Å². The monoisotopic (exact) mass is 370 g/mol. The van der Waals surface area contributed by atoms with Crippen LogP contribution >= 0.6 is 54.8 Å². The molecule has 2 aromatic heterocycles. The molecule has 0 aliphatic carbocycles. The third-order valence-corrected chi connectivity index (χ3v) is 4.95. The quantitative estimate of drug-likeness (QED) is 0.836. The first-order valence-corrected chi connectivity index (χ1v) is 6.79. The van der Waals surface area contributed by atoms with E-state index in [0.717, 1.165) is 4.47 Å². The molecule has 2 rings (SSSR count). The first-order chi connectivity index (χ1) is 7.09. The lowest BCUT2D eigenvalue weighted by molar-refractivity contribution is 0.191. The molecule has 1 atom stereocenters. The summed E-state index contributed by atoms with van der Waals surface area (Å²) in [5.74, 6) is 0.457. The number of aliphatic hydroxyl groups excluding tert-OH is 1. The van der Waals surface area contributed by atoms with Gasteiger partial charge in [-0.05, 0) is 49.4 Å². The Morgan fingerprint density at radius 3 is 2.67 bits per heavy atom. The summed E-state index contributed by atoms with van der Waals surface area (Å²) in [6.45, 7) is 0. The van der Waals surface area contributed by atoms with Gasteiger partial charge in [0.1, 0.15) is 11.9 Å². The first kappa shape index (κ1) is 11.7. The summed E-state index contributed by atoms with van der Waals surface area (Å²) in [6, 6.07) is 3.46. The average Bonchev–Trinajstić information content (AvgIpc) is 2.74. The summed E-state index contributed by atoms with van der Waals surface area (Å²) in [7, 11) is 0. The highest BCUT2D eigenvalue weighted by molar-refractivity contribution is 9.13. The van der Waals surface area contributed by atoms with E-state index in [0.29, 0.717) is 20.3 Å². The summed E-state index contributed by atoms with van der Waals surface area (Å²) < 4.78 is 6.65. The van der Waals surface area contributed by atoms with Gasteiger partial charge in [-0.3, -0.25) is 0 Å². The van der Waals surface area contributed by atoms with Gasteiger partial charge in [-0.15, -0.1) is 11.3 Å². The molecule has 0 fully saturated rings. The summed E-state index contributed by atoms with van der Waals surface area (Å²) in [4.78, 5) is 0.686. The van der Waals surface area contributed by atoms with Crippen LogP contribution in [0.15, 0.2) is 31.1 Å². The van der Waals surface area contributed by atoms with Crippen LogP contribution in [0.3, 0.4) is 0 Å². The minimum atomic E-state index is -0.819. The highest BCUT2D eigenvalue weighted by atomic mass is 79.9. The molecular weight excluding hydrogens is 367 g/mol. The van der Waals surface area contributed by atoms with Crippen LogP contribution in [0.4, 0.5) is 0 Å². The number of aliphatic hydroxyl groups is 1. The zero-order chi connectivity index (χ0) is 11.0. The van der Waals surface area contributed by atoms with Crippen LogP contribution in [0.2, 0.25) is 5.02 Å². The molecule has 0 aliphatic heterocycles. The van der Waals surface area contributed by atoms with Gasteiger partial charge in [0.2, 0.25) is 0 Å². The topological polar surface area (TPSA) is 33.4 Å². The van der Waals surface area contributed by atoms with Gasteiger partial charge in [-0.2, -0.15) is 0 Å². The molecule has 0 saturated carbocycles. The second-order valence-corrected chi connectivity index (χ2v) is 5.74. The molecule has 0 amide bonds. The number of furan rings is 1. The van der Waals surface area contributed by atoms with Gasteiger partial charge in [0, 0.05) is 0 Å². The maximum atomic E-state index is 9.99. The highest BCUT2D eigenvalue weighted by Gasteiger charge is 2.20. The molecule has 0 saturated heterocycles. The fourth-order valence-electron chi connectivity index (χ4n) is 1.13. The Labute approximate surface area is 112 Å². The smallest absolute Gasteiger partial charge is 0.183 e. The molecular formula is C9H5Br2ClO2S. The fraction of sp³-hybridized carbons (Fsp3) is 0.111. The molecule has 1 unspecified atom stereocenters. The third kappa shape index (κ3) is 2.31. The van der Waals surface area contributed by atoms with Crippen LogP contribution in [0.5, 0.6) is 0 Å². The molecule has 0 aliphatic rings. The molecule has 0 spiro atoms. The Morgan fingerprint density at radius 2 is 2.20 bits per heavy atom. The Balaban J connectivity index is 2.36. The lowest BCUT2D eigenvalue weighted by atomic mass is 10.2. The summed E-state index contributed by atoms with van der Waals surface area (Å²) in [6.07, 6.45) is -0.819. The zero-order valence-corrected chi connectivity index (χ0v) is 12.0. The Hall–Kier alpha value is 0.190. The molecule has 0 bridgehead atoms. The maximum Gasteiger partial charge on any atom is 0.183 e. The van der Waals surface area contributed by atoms with E-state index in [9.17, 15) is 5.11 Å². The van der Waals surface area contributed by atoms with Gasteiger partial charge in [-0.25, -0.2) is 0 Å². The van der Waals surface area contributed by atoms with Gasteiger partial charge in [0.05, 0.1) is 14.4 Å². The van der Waals surface area contributed by atoms with Crippen molar-refractivity contribution < 1.29 is 9.52 Å². The van der Waals surface area contributed by atoms with Crippen molar-refractivity contribution in [3.8, 4) is 0 Å². The zero-order valence-electron chi connectivity index (χ0n) is 7.21. The molecule has 80 valence electrons. The van der Waals surface area contributed by atoms with Crippen LogP contribution in [-0.2, 0) is 0 Å². The maximum absolute atomic E-state index is 9.99. The molecule has 15 heavy (non-hydrogen) atoms. The third-order valence-electron chi connectivity index (χ3n) is 1.83. The predicted octanol–water partition coefficient (Wildman–Crippen LogP) is 4.60. The van der Waals surface area contributed by atoms with Crippen LogP contribution in [0, 0.1) is 0 Å². The van der Waals surface area contributed by atoms with Crippen molar-refractivity contribution in [3.05, 3.63) is 42.3 Å². The van der Waals surface area contributed by atoms with E-state index in [1.165, 1.54) is 11.3 Å². The molecule has 0 aromatic carbocycles. The van der Waals surface area contributed by atoms with E-state index in [4.69, 9.17) is 16.0 Å². The number of rotatable bonds is 2. The highest BCUT2D eigenvalue weighted by Crippen LogP contribution is 2.36. The van der Waals surface area contributed by atoms with Gasteiger partial charge in [0.15, 0.2) is 4.67 Å². The van der Waals surface area contributed by atoms with E-state index in [1.54, 1.807) is 12.1 Å². The van der Waals surface area contributed by atoms with Crippen molar-refractivity contribution in [1.29, 1.82) is 0 Å². The lowest BCUT2D eigenvalue weighted by Crippen LogP contribution is -1.95. The average molecular weight is 372 g/mol. The van der Waals surface area contributed by atoms with Crippen molar-refractivity contribution in [2.45, 2.75) is 6.10 Å². The van der Waals surface area contributed by atoms with Crippen LogP contribution in [-0.4, -0.2) is 5.11 Å². The van der Waals surface area contributed by atoms with Gasteiger partial charge < -0.3 is 9.52 Å². The van der Waals surface area contributed by atoms with Crippen molar-refractivity contribution in [3.63, 3.8) is 0 Å². The molecule has 1 N–H and O–H groups in total. The predicted molar refractivity (Wildman–Crippen MR) is 67.5 cm³/mol. The van der Waals surface area contributed by atoms with Gasteiger partial charge >= 0.3 is 0 Å². The number of halogens is 3. The summed E-state index contributed by atoms with van der Waals surface area (Å²) >= 11 is 13.8. The molecule has 2 heterocycles. The number of hydrogen-bond acceptors (Lipinski definition) is 3. The Bertz CT molecular complexity index is 461. The van der Waals surface area contributed by atoms with Crippen molar-refractivity contribution in [1.82, 2.24) is 0 Å². The second-order valence-electron chi connectivity index (χ2n) is 2.81. The molecule has 0 radical (unpaired) electrons. The van der Waals surface area contributed by atoms with Crippen LogP contribution in [0.25, 0.3) is 0 Å². The molecule has 2 aromatic rings. The van der Waals surface area contributed by atoms with Gasteiger partial charge in [-0.1, -0.05) is 11.6 Å². The Morgan fingerprint density at radius 1 is 1.47 bits per heavy atom. The standard InChI is InChI=1S/C9H5Br2ClO2S/c10-4-3-6(14-9(4)11)7(13)8-5(12)1-2-15-8/h1-3,7,13H. The minimum Gasteiger partial charge on any atom is -0.450 e. The number of hydrogen-bond donors (Lipinski definition) is 1. The van der Waals surface area contributed by atoms with E-state index < -0.39 is 6.10 Å². The van der Waals surface area contributed by atoms with Crippen molar-refractivity contribution >= 4 is 54.8 Å². The minimum absolute atomic E-state index is 0.457. The van der Waals surface area contributed by atoms with Crippen molar-refractivity contribution in [2.75, 3.05) is 0 Å². The second kappa shape index (κ2) is 4.59. The largest absolute Gasteiger partial charge is 0.450 e. The lowest BCUT2D eigenvalue weighted by Gasteiger charge is -2.04. The Kier molecular flexibility index (Phi) is 3.57. The normalized spacial score (nSPS) is 13.1. The summed E-state index contributed by atoms with van der Waals surface area (Å²) in [5, 5.41) is 12.4. The summed E-state index contributed by atoms with van der Waals surface area (Å²) in [5.41, 5.74) is 0. The van der Waals surface area contributed by atoms with E-state index >= 15 is 0 Å².